The Bertz CT molecular complexity index is 1220. The summed E-state index contributed by atoms with van der Waals surface area (Å²) in [5.74, 6) is -2.89. The topological polar surface area (TPSA) is 73.0 Å². The zero-order valence-electron chi connectivity index (χ0n) is 14.5. The molecule has 0 fully saturated rings. The summed E-state index contributed by atoms with van der Waals surface area (Å²) >= 11 is 6.24. The average molecular weight is 403 g/mol. The van der Waals surface area contributed by atoms with Gasteiger partial charge in [0.2, 0.25) is 0 Å². The van der Waals surface area contributed by atoms with E-state index in [2.05, 4.69) is 15.5 Å². The van der Waals surface area contributed by atoms with Crippen LogP contribution in [0.4, 0.5) is 20.3 Å². The number of hydrogen-bond acceptors (Lipinski definition) is 5. The molecule has 6 nitrogen and oxygen atoms in total. The highest BCUT2D eigenvalue weighted by Crippen LogP contribution is 2.33. The summed E-state index contributed by atoms with van der Waals surface area (Å²) in [5.41, 5.74) is 0.151. The highest BCUT2D eigenvalue weighted by Gasteiger charge is 2.26. The molecule has 0 spiro atoms. The lowest BCUT2D eigenvalue weighted by molar-refractivity contribution is 0.0176. The van der Waals surface area contributed by atoms with Gasteiger partial charge in [-0.25, -0.2) is 13.6 Å². The summed E-state index contributed by atoms with van der Waals surface area (Å²) in [4.78, 5) is 16.9. The molecule has 4 aromatic rings. The van der Waals surface area contributed by atoms with Crippen molar-refractivity contribution in [1.82, 2.24) is 14.7 Å². The monoisotopic (exact) mass is 402 g/mol. The predicted octanol–water partition coefficient (Wildman–Crippen LogP) is 4.88. The fourth-order valence-corrected chi connectivity index (χ4v) is 3.08. The second-order valence-electron chi connectivity index (χ2n) is 6.19. The lowest BCUT2D eigenvalue weighted by Gasteiger charge is -2.17. The van der Waals surface area contributed by atoms with Crippen molar-refractivity contribution >= 4 is 34.0 Å². The number of fused-ring (bicyclic) bond motifs is 1. The summed E-state index contributed by atoms with van der Waals surface area (Å²) in [6, 6.07) is 10.7. The molecule has 2 aromatic carbocycles. The maximum absolute atomic E-state index is 13.9. The number of anilines is 2. The molecule has 0 aliphatic heterocycles. The first-order valence-electron chi connectivity index (χ1n) is 8.21. The smallest absolute Gasteiger partial charge is 0.354 e. The van der Waals surface area contributed by atoms with Crippen LogP contribution in [0, 0.1) is 0 Å². The summed E-state index contributed by atoms with van der Waals surface area (Å²) in [6.07, 6.45) is 2.74. The molecule has 0 amide bonds. The van der Waals surface area contributed by atoms with E-state index < -0.39 is 11.6 Å². The van der Waals surface area contributed by atoms with E-state index >= 15 is 0 Å². The van der Waals surface area contributed by atoms with Gasteiger partial charge in [0.15, 0.2) is 0 Å². The van der Waals surface area contributed by atoms with E-state index in [-0.39, 0.29) is 16.9 Å². The van der Waals surface area contributed by atoms with Gasteiger partial charge in [-0.1, -0.05) is 35.0 Å². The Morgan fingerprint density at radius 2 is 2.00 bits per heavy atom. The predicted molar refractivity (Wildman–Crippen MR) is 102 cm³/mol. The minimum Gasteiger partial charge on any atom is -0.363 e. The molecular formula is C19H13ClF2N4O2. The number of aromatic nitrogens is 3. The zero-order valence-corrected chi connectivity index (χ0v) is 15.2. The summed E-state index contributed by atoms with van der Waals surface area (Å²) < 4.78 is 33.8. The van der Waals surface area contributed by atoms with Crippen LogP contribution in [0.15, 0.2) is 64.2 Å². The molecule has 0 unspecified atom stereocenters. The van der Waals surface area contributed by atoms with Gasteiger partial charge in [-0.3, -0.25) is 4.57 Å². The van der Waals surface area contributed by atoms with Gasteiger partial charge in [-0.05, 0) is 24.3 Å². The number of hydrogen-bond donors (Lipinski definition) is 1. The molecule has 28 heavy (non-hydrogen) atoms. The molecule has 0 atom stereocenters. The van der Waals surface area contributed by atoms with Crippen molar-refractivity contribution in [3.05, 3.63) is 76.0 Å². The summed E-state index contributed by atoms with van der Waals surface area (Å²) in [6.45, 7) is 0.795. The summed E-state index contributed by atoms with van der Waals surface area (Å²) in [7, 11) is 0. The molecule has 2 aromatic heterocycles. The average Bonchev–Trinajstić information content (AvgIpc) is 3.15. The molecule has 142 valence electrons. The Morgan fingerprint density at radius 3 is 2.68 bits per heavy atom. The van der Waals surface area contributed by atoms with E-state index in [1.54, 1.807) is 24.3 Å². The molecule has 0 radical (unpaired) electrons. The van der Waals surface area contributed by atoms with Crippen molar-refractivity contribution < 1.29 is 13.3 Å². The van der Waals surface area contributed by atoms with E-state index in [4.69, 9.17) is 16.1 Å². The van der Waals surface area contributed by atoms with Crippen LogP contribution in [0.1, 0.15) is 12.5 Å². The Hall–Kier alpha value is -3.26. The molecule has 0 bridgehead atoms. The van der Waals surface area contributed by atoms with Crippen molar-refractivity contribution in [2.24, 2.45) is 0 Å². The van der Waals surface area contributed by atoms with Gasteiger partial charge in [0.1, 0.15) is 17.8 Å². The molecule has 0 saturated heterocycles. The van der Waals surface area contributed by atoms with Crippen LogP contribution in [-0.2, 0) is 5.92 Å². The largest absolute Gasteiger partial charge is 0.363 e. The van der Waals surface area contributed by atoms with Gasteiger partial charge in [-0.15, -0.1) is 0 Å². The first kappa shape index (κ1) is 18.1. The Kier molecular flexibility index (Phi) is 4.35. The molecule has 0 saturated carbocycles. The molecule has 2 heterocycles. The number of halogens is 3. The first-order chi connectivity index (χ1) is 13.3. The van der Waals surface area contributed by atoms with E-state index in [1.807, 2.05) is 0 Å². The van der Waals surface area contributed by atoms with E-state index in [9.17, 15) is 13.6 Å². The number of benzene rings is 2. The fourth-order valence-electron chi connectivity index (χ4n) is 2.86. The lowest BCUT2D eigenvalue weighted by Crippen LogP contribution is -2.23. The van der Waals surface area contributed by atoms with Crippen molar-refractivity contribution in [1.29, 1.82) is 0 Å². The highest BCUT2D eigenvalue weighted by atomic mass is 35.5. The fraction of sp³-hybridized carbons (Fsp3) is 0.105. The summed E-state index contributed by atoms with van der Waals surface area (Å²) in [5, 5.41) is 7.24. The Labute approximate surface area is 162 Å². The number of rotatable bonds is 4. The van der Waals surface area contributed by atoms with E-state index in [0.29, 0.717) is 21.8 Å². The van der Waals surface area contributed by atoms with E-state index in [1.165, 1.54) is 35.2 Å². The number of para-hydroxylation sites is 1. The quantitative estimate of drug-likeness (QED) is 0.526. The maximum Gasteiger partial charge on any atom is 0.354 e. The molecule has 9 heteroatoms. The third-order valence-electron chi connectivity index (χ3n) is 4.19. The number of nitrogens with one attached hydrogen (secondary N) is 1. The molecule has 1 N–H and O–H groups in total. The molecular weight excluding hydrogens is 390 g/mol. The minimum absolute atomic E-state index is 0.192. The maximum atomic E-state index is 13.9. The lowest BCUT2D eigenvalue weighted by atomic mass is 10.1. The van der Waals surface area contributed by atoms with Crippen LogP contribution >= 0.6 is 11.6 Å². The van der Waals surface area contributed by atoms with Gasteiger partial charge in [0, 0.05) is 17.9 Å². The van der Waals surface area contributed by atoms with Crippen molar-refractivity contribution in [2.45, 2.75) is 12.8 Å². The number of alkyl halides is 2. The Balaban J connectivity index is 2.04. The normalized spacial score (nSPS) is 11.7. The second-order valence-corrected chi connectivity index (χ2v) is 6.60. The van der Waals surface area contributed by atoms with Crippen LogP contribution in [0.25, 0.3) is 16.6 Å². The van der Waals surface area contributed by atoms with Gasteiger partial charge in [0.05, 0.1) is 22.4 Å². The van der Waals surface area contributed by atoms with E-state index in [0.717, 1.165) is 6.92 Å². The van der Waals surface area contributed by atoms with Crippen LogP contribution in [0.2, 0.25) is 5.02 Å². The first-order valence-corrected chi connectivity index (χ1v) is 8.59. The second kappa shape index (κ2) is 6.72. The highest BCUT2D eigenvalue weighted by molar-refractivity contribution is 6.32. The van der Waals surface area contributed by atoms with Crippen LogP contribution < -0.4 is 11.0 Å². The third kappa shape index (κ3) is 3.22. The zero-order chi connectivity index (χ0) is 19.9. The van der Waals surface area contributed by atoms with Crippen molar-refractivity contribution in [2.75, 3.05) is 5.32 Å². The van der Waals surface area contributed by atoms with Crippen LogP contribution in [0.3, 0.4) is 0 Å². The van der Waals surface area contributed by atoms with Crippen LogP contribution in [-0.4, -0.2) is 14.7 Å². The third-order valence-corrected chi connectivity index (χ3v) is 4.51. The van der Waals surface area contributed by atoms with Crippen molar-refractivity contribution in [3.63, 3.8) is 0 Å². The van der Waals surface area contributed by atoms with Crippen molar-refractivity contribution in [3.8, 4) is 5.69 Å². The minimum atomic E-state index is -3.08. The van der Waals surface area contributed by atoms with Gasteiger partial charge >= 0.3 is 5.69 Å². The van der Waals surface area contributed by atoms with Crippen LogP contribution in [0.5, 0.6) is 0 Å². The molecule has 0 aliphatic carbocycles. The SMILES string of the molecule is CC(F)(F)c1ccc2c(Nc3cnoc3)nc(=O)n(-c3ccccc3Cl)c2c1. The standard InChI is InChI=1S/C19H13ClF2N4O2/c1-19(21,22)11-6-7-13-16(8-11)26(15-5-3-2-4-14(15)20)18(27)25-17(13)24-12-9-23-28-10-12/h2-10H,1H3,(H,24,25,27). The van der Waals surface area contributed by atoms with Gasteiger partial charge in [-0.2, -0.15) is 4.98 Å². The molecule has 4 rings (SSSR count). The number of nitrogens with zero attached hydrogens (tertiary/aromatic N) is 3. The molecule has 0 aliphatic rings. The van der Waals surface area contributed by atoms with Gasteiger partial charge < -0.3 is 9.84 Å². The van der Waals surface area contributed by atoms with Gasteiger partial charge in [0.25, 0.3) is 5.92 Å². The Morgan fingerprint density at radius 1 is 1.21 bits per heavy atom.